The van der Waals surface area contributed by atoms with E-state index in [9.17, 15) is 14.3 Å². The van der Waals surface area contributed by atoms with Crippen molar-refractivity contribution < 1.29 is 14.3 Å². The Morgan fingerprint density at radius 2 is 2.06 bits per heavy atom. The molecule has 0 unspecified atom stereocenters. The lowest BCUT2D eigenvalue weighted by Crippen LogP contribution is -2.20. The number of carbonyl (C=O) groups is 1. The minimum atomic E-state index is -1.47. The van der Waals surface area contributed by atoms with Gasteiger partial charge in [0.1, 0.15) is 5.67 Å². The lowest BCUT2D eigenvalue weighted by atomic mass is 9.92. The molecule has 1 aromatic rings. The highest BCUT2D eigenvalue weighted by Gasteiger charge is 2.52. The maximum absolute atomic E-state index is 13.7. The van der Waals surface area contributed by atoms with Crippen molar-refractivity contribution in [3.63, 3.8) is 0 Å². The van der Waals surface area contributed by atoms with E-state index in [4.69, 9.17) is 11.6 Å². The van der Waals surface area contributed by atoms with Crippen LogP contribution in [0.1, 0.15) is 37.8 Å². The lowest BCUT2D eigenvalue weighted by molar-refractivity contribution is -0.140. The van der Waals surface area contributed by atoms with Crippen LogP contribution in [0.15, 0.2) is 18.2 Å². The summed E-state index contributed by atoms with van der Waals surface area (Å²) >= 11 is 6.07. The molecule has 0 aromatic heterocycles. The fourth-order valence-electron chi connectivity index (χ4n) is 2.00. The van der Waals surface area contributed by atoms with Crippen LogP contribution < -0.4 is 0 Å². The first-order chi connectivity index (χ1) is 7.77. The van der Waals surface area contributed by atoms with Gasteiger partial charge in [0.25, 0.3) is 0 Å². The van der Waals surface area contributed by atoms with Crippen molar-refractivity contribution in [2.75, 3.05) is 0 Å². The van der Waals surface area contributed by atoms with Crippen LogP contribution in [-0.2, 0) is 15.9 Å². The first-order valence-electron chi connectivity index (χ1n) is 5.50. The van der Waals surface area contributed by atoms with E-state index in [1.807, 2.05) is 0 Å². The summed E-state index contributed by atoms with van der Waals surface area (Å²) in [5.74, 6) is -0.855. The van der Waals surface area contributed by atoms with Crippen LogP contribution in [0.2, 0.25) is 5.02 Å². The van der Waals surface area contributed by atoms with Gasteiger partial charge in [0.15, 0.2) is 0 Å². The number of hydrogen-bond acceptors (Lipinski definition) is 1. The lowest BCUT2D eigenvalue weighted by Gasteiger charge is -2.18. The Bertz CT molecular complexity index is 473. The molecule has 0 amide bonds. The van der Waals surface area contributed by atoms with Gasteiger partial charge in [0.2, 0.25) is 0 Å². The second kappa shape index (κ2) is 3.70. The van der Waals surface area contributed by atoms with Crippen LogP contribution in [0.3, 0.4) is 0 Å². The number of benzene rings is 1. The summed E-state index contributed by atoms with van der Waals surface area (Å²) < 4.78 is 13.7. The molecule has 1 N–H and O–H groups in total. The summed E-state index contributed by atoms with van der Waals surface area (Å²) in [6.45, 7) is 2.89. The van der Waals surface area contributed by atoms with Gasteiger partial charge < -0.3 is 5.11 Å². The van der Waals surface area contributed by atoms with Crippen molar-refractivity contribution in [2.45, 2.75) is 37.8 Å². The van der Waals surface area contributed by atoms with Crippen molar-refractivity contribution in [3.05, 3.63) is 34.3 Å². The molecule has 92 valence electrons. The molecular formula is C13H14ClFO2. The molecule has 0 saturated heterocycles. The Labute approximate surface area is 104 Å². The molecule has 1 aromatic carbocycles. The Hall–Kier alpha value is -1.09. The van der Waals surface area contributed by atoms with Crippen molar-refractivity contribution >= 4 is 17.6 Å². The van der Waals surface area contributed by atoms with E-state index in [1.165, 1.54) is 19.9 Å². The number of hydrogen-bond donors (Lipinski definition) is 1. The van der Waals surface area contributed by atoms with Gasteiger partial charge >= 0.3 is 5.97 Å². The maximum Gasteiger partial charge on any atom is 0.314 e. The molecule has 4 heteroatoms. The minimum Gasteiger partial charge on any atom is -0.481 e. The highest BCUT2D eigenvalue weighted by Crippen LogP contribution is 2.51. The standard InChI is InChI=1S/C13H14ClFO2/c1-12(2,15)8-3-4-9(10(14)7-8)13(5-6-13)11(16)17/h3-4,7H,5-6H2,1-2H3,(H,16,17). The quantitative estimate of drug-likeness (QED) is 0.896. The third-order valence-electron chi connectivity index (χ3n) is 3.33. The molecule has 0 aliphatic heterocycles. The second-order valence-corrected chi connectivity index (χ2v) is 5.46. The van der Waals surface area contributed by atoms with Crippen LogP contribution in [0.25, 0.3) is 0 Å². The first kappa shape index (κ1) is 12.4. The van der Waals surface area contributed by atoms with Gasteiger partial charge in [-0.1, -0.05) is 23.7 Å². The predicted molar refractivity (Wildman–Crippen MR) is 64.1 cm³/mol. The van der Waals surface area contributed by atoms with E-state index < -0.39 is 17.1 Å². The first-order valence-corrected chi connectivity index (χ1v) is 5.88. The predicted octanol–water partition coefficient (Wildman–Crippen LogP) is 3.66. The van der Waals surface area contributed by atoms with Gasteiger partial charge in [-0.2, -0.15) is 0 Å². The van der Waals surface area contributed by atoms with E-state index >= 15 is 0 Å². The normalized spacial score (nSPS) is 17.9. The topological polar surface area (TPSA) is 37.3 Å². The SMILES string of the molecule is CC(C)(F)c1ccc(C2(C(=O)O)CC2)c(Cl)c1. The Balaban J connectivity index is 2.43. The zero-order valence-corrected chi connectivity index (χ0v) is 10.5. The monoisotopic (exact) mass is 256 g/mol. The highest BCUT2D eigenvalue weighted by molar-refractivity contribution is 6.32. The van der Waals surface area contributed by atoms with Crippen molar-refractivity contribution in [3.8, 4) is 0 Å². The van der Waals surface area contributed by atoms with E-state index in [-0.39, 0.29) is 0 Å². The number of halogens is 2. The fourth-order valence-corrected chi connectivity index (χ4v) is 2.36. The number of rotatable bonds is 3. The number of aliphatic carboxylic acids is 1. The van der Waals surface area contributed by atoms with Gasteiger partial charge in [0.05, 0.1) is 5.41 Å². The van der Waals surface area contributed by atoms with E-state index in [1.54, 1.807) is 12.1 Å². The van der Waals surface area contributed by atoms with Crippen LogP contribution >= 0.6 is 11.6 Å². The average Bonchev–Trinajstić information content (AvgIpc) is 2.96. The van der Waals surface area contributed by atoms with E-state index in [0.717, 1.165) is 0 Å². The molecule has 2 rings (SSSR count). The summed E-state index contributed by atoms with van der Waals surface area (Å²) in [5.41, 5.74) is -1.25. The van der Waals surface area contributed by atoms with Crippen molar-refractivity contribution in [1.82, 2.24) is 0 Å². The highest BCUT2D eigenvalue weighted by atomic mass is 35.5. The summed E-state index contributed by atoms with van der Waals surface area (Å²) in [5, 5.41) is 9.52. The molecule has 0 radical (unpaired) electrons. The largest absolute Gasteiger partial charge is 0.481 e. The fraction of sp³-hybridized carbons (Fsp3) is 0.462. The number of carboxylic acids is 1. The van der Waals surface area contributed by atoms with Gasteiger partial charge in [-0.3, -0.25) is 4.79 Å². The Morgan fingerprint density at radius 1 is 1.47 bits per heavy atom. The molecule has 0 heterocycles. The van der Waals surface area contributed by atoms with Gasteiger partial charge in [-0.15, -0.1) is 0 Å². The molecular weight excluding hydrogens is 243 g/mol. The molecule has 2 nitrogen and oxygen atoms in total. The molecule has 0 spiro atoms. The summed E-state index contributed by atoms with van der Waals surface area (Å²) in [4.78, 5) is 11.2. The van der Waals surface area contributed by atoms with Crippen LogP contribution in [0.5, 0.6) is 0 Å². The Kier molecular flexibility index (Phi) is 2.69. The second-order valence-electron chi connectivity index (χ2n) is 5.05. The van der Waals surface area contributed by atoms with Crippen molar-refractivity contribution in [1.29, 1.82) is 0 Å². The molecule has 1 aliphatic rings. The minimum absolute atomic E-state index is 0.341. The van der Waals surface area contributed by atoms with E-state index in [2.05, 4.69) is 0 Å². The summed E-state index contributed by atoms with van der Waals surface area (Å²) in [6, 6.07) is 4.78. The van der Waals surface area contributed by atoms with Crippen LogP contribution in [0, 0.1) is 0 Å². The zero-order valence-electron chi connectivity index (χ0n) is 9.76. The summed E-state index contributed by atoms with van der Waals surface area (Å²) in [7, 11) is 0. The maximum atomic E-state index is 13.7. The van der Waals surface area contributed by atoms with Crippen LogP contribution in [0.4, 0.5) is 4.39 Å². The molecule has 1 fully saturated rings. The van der Waals surface area contributed by atoms with Crippen LogP contribution in [-0.4, -0.2) is 11.1 Å². The third kappa shape index (κ3) is 2.04. The zero-order chi connectivity index (χ0) is 12.8. The Morgan fingerprint density at radius 3 is 2.41 bits per heavy atom. The summed E-state index contributed by atoms with van der Waals surface area (Å²) in [6.07, 6.45) is 1.20. The molecule has 0 bridgehead atoms. The van der Waals surface area contributed by atoms with Gasteiger partial charge in [0, 0.05) is 5.02 Å². The van der Waals surface area contributed by atoms with Crippen molar-refractivity contribution in [2.24, 2.45) is 0 Å². The molecule has 17 heavy (non-hydrogen) atoms. The van der Waals surface area contributed by atoms with Gasteiger partial charge in [-0.05, 0) is 43.9 Å². The molecule has 1 saturated carbocycles. The number of alkyl halides is 1. The number of carboxylic acid groups (broad SMARTS) is 1. The van der Waals surface area contributed by atoms with Gasteiger partial charge in [-0.25, -0.2) is 4.39 Å². The molecule has 0 atom stereocenters. The third-order valence-corrected chi connectivity index (χ3v) is 3.64. The van der Waals surface area contributed by atoms with E-state index in [0.29, 0.717) is 29.0 Å². The molecule has 1 aliphatic carbocycles. The average molecular weight is 257 g/mol. The smallest absolute Gasteiger partial charge is 0.314 e.